The van der Waals surface area contributed by atoms with E-state index in [0.717, 1.165) is 25.1 Å². The van der Waals surface area contributed by atoms with Crippen molar-refractivity contribution in [2.45, 2.75) is 20.5 Å². The largest absolute Gasteiger partial charge is 0.378 e. The molecule has 21 heavy (non-hydrogen) atoms. The highest BCUT2D eigenvalue weighted by molar-refractivity contribution is 14.1. The van der Waals surface area contributed by atoms with Crippen molar-refractivity contribution in [1.29, 1.82) is 0 Å². The van der Waals surface area contributed by atoms with Crippen LogP contribution in [0.2, 0.25) is 0 Å². The van der Waals surface area contributed by atoms with Gasteiger partial charge in [0, 0.05) is 24.2 Å². The van der Waals surface area contributed by atoms with Crippen molar-refractivity contribution in [2.24, 2.45) is 0 Å². The molecule has 112 valence electrons. The molecule has 0 aliphatic heterocycles. The van der Waals surface area contributed by atoms with E-state index in [-0.39, 0.29) is 0 Å². The lowest BCUT2D eigenvalue weighted by atomic mass is 10.1. The fourth-order valence-electron chi connectivity index (χ4n) is 2.10. The average molecular weight is 462 g/mol. The zero-order valence-corrected chi connectivity index (χ0v) is 16.2. The standard InChI is InChI=1S/C15H17BrIN3O/c1-8-5-10(6-9(2)12(8)16)14-19-11(7-21-4)13(17)15(18-3)20-14/h5-6H,7H2,1-4H3,(H,18,19,20). The van der Waals surface area contributed by atoms with Crippen molar-refractivity contribution in [3.8, 4) is 11.4 Å². The Bertz CT molecular complexity index is 653. The summed E-state index contributed by atoms with van der Waals surface area (Å²) in [4.78, 5) is 9.27. The van der Waals surface area contributed by atoms with Gasteiger partial charge in [-0.05, 0) is 59.7 Å². The number of benzene rings is 1. The van der Waals surface area contributed by atoms with Crippen LogP contribution in [0.25, 0.3) is 11.4 Å². The molecule has 1 aromatic carbocycles. The number of aryl methyl sites for hydroxylation is 2. The second kappa shape index (κ2) is 7.02. The van der Waals surface area contributed by atoms with Crippen molar-refractivity contribution in [2.75, 3.05) is 19.5 Å². The summed E-state index contributed by atoms with van der Waals surface area (Å²) in [5, 5.41) is 3.12. The van der Waals surface area contributed by atoms with Crippen LogP contribution in [0.3, 0.4) is 0 Å². The lowest BCUT2D eigenvalue weighted by Gasteiger charge is -2.12. The molecule has 0 atom stereocenters. The van der Waals surface area contributed by atoms with Crippen LogP contribution < -0.4 is 5.32 Å². The first-order chi connectivity index (χ1) is 9.97. The van der Waals surface area contributed by atoms with Gasteiger partial charge in [-0.15, -0.1) is 0 Å². The number of ether oxygens (including phenoxy) is 1. The second-order valence-corrected chi connectivity index (χ2v) is 6.64. The van der Waals surface area contributed by atoms with E-state index in [9.17, 15) is 0 Å². The van der Waals surface area contributed by atoms with E-state index in [1.54, 1.807) is 7.11 Å². The molecule has 0 fully saturated rings. The fourth-order valence-corrected chi connectivity index (χ4v) is 2.99. The van der Waals surface area contributed by atoms with Gasteiger partial charge in [0.05, 0.1) is 15.9 Å². The minimum atomic E-state index is 0.469. The molecule has 4 nitrogen and oxygen atoms in total. The van der Waals surface area contributed by atoms with Crippen LogP contribution in [0.5, 0.6) is 0 Å². The topological polar surface area (TPSA) is 47.0 Å². The molecule has 2 rings (SSSR count). The number of anilines is 1. The maximum Gasteiger partial charge on any atom is 0.161 e. The van der Waals surface area contributed by atoms with Crippen molar-refractivity contribution in [1.82, 2.24) is 9.97 Å². The smallest absolute Gasteiger partial charge is 0.161 e. The number of hydrogen-bond acceptors (Lipinski definition) is 4. The molecule has 0 aliphatic carbocycles. The summed E-state index contributed by atoms with van der Waals surface area (Å²) in [5.41, 5.74) is 4.25. The quantitative estimate of drug-likeness (QED) is 0.689. The van der Waals surface area contributed by atoms with E-state index < -0.39 is 0 Å². The number of nitrogens with zero attached hydrogens (tertiary/aromatic N) is 2. The van der Waals surface area contributed by atoms with Gasteiger partial charge in [0.15, 0.2) is 5.82 Å². The molecule has 0 unspecified atom stereocenters. The van der Waals surface area contributed by atoms with E-state index in [1.807, 2.05) is 7.05 Å². The van der Waals surface area contributed by atoms with Crippen molar-refractivity contribution >= 4 is 44.3 Å². The Morgan fingerprint density at radius 3 is 2.38 bits per heavy atom. The van der Waals surface area contributed by atoms with Gasteiger partial charge in [-0.2, -0.15) is 0 Å². The Hall–Kier alpha value is -0.730. The van der Waals surface area contributed by atoms with Crippen LogP contribution >= 0.6 is 38.5 Å². The minimum absolute atomic E-state index is 0.469. The van der Waals surface area contributed by atoms with Gasteiger partial charge in [0.25, 0.3) is 0 Å². The van der Waals surface area contributed by atoms with Crippen LogP contribution in [-0.4, -0.2) is 24.1 Å². The zero-order valence-electron chi connectivity index (χ0n) is 12.4. The Kier molecular flexibility index (Phi) is 5.56. The first kappa shape index (κ1) is 16.6. The Balaban J connectivity index is 2.60. The molecular weight excluding hydrogens is 445 g/mol. The van der Waals surface area contributed by atoms with Crippen molar-refractivity contribution in [3.63, 3.8) is 0 Å². The van der Waals surface area contributed by atoms with Gasteiger partial charge in [-0.25, -0.2) is 9.97 Å². The molecule has 0 aliphatic rings. The first-order valence-electron chi connectivity index (χ1n) is 6.48. The van der Waals surface area contributed by atoms with E-state index >= 15 is 0 Å². The van der Waals surface area contributed by atoms with E-state index in [2.05, 4.69) is 79.8 Å². The predicted molar refractivity (Wildman–Crippen MR) is 97.6 cm³/mol. The maximum absolute atomic E-state index is 5.24. The Morgan fingerprint density at radius 1 is 1.24 bits per heavy atom. The summed E-state index contributed by atoms with van der Waals surface area (Å²) < 4.78 is 7.35. The second-order valence-electron chi connectivity index (χ2n) is 4.76. The molecule has 6 heteroatoms. The lowest BCUT2D eigenvalue weighted by Crippen LogP contribution is -2.06. The number of nitrogens with one attached hydrogen (secondary N) is 1. The highest BCUT2D eigenvalue weighted by Crippen LogP contribution is 2.29. The zero-order chi connectivity index (χ0) is 15.6. The molecule has 2 aromatic rings. The third-order valence-corrected chi connectivity index (χ3v) is 5.52. The third kappa shape index (κ3) is 3.54. The molecule has 0 amide bonds. The number of rotatable bonds is 4. The fraction of sp³-hybridized carbons (Fsp3) is 0.333. The summed E-state index contributed by atoms with van der Waals surface area (Å²) >= 11 is 5.83. The number of aromatic nitrogens is 2. The Labute approximate surface area is 147 Å². The summed E-state index contributed by atoms with van der Waals surface area (Å²) in [6.07, 6.45) is 0. The summed E-state index contributed by atoms with van der Waals surface area (Å²) in [6, 6.07) is 4.19. The highest BCUT2D eigenvalue weighted by Gasteiger charge is 2.14. The number of hydrogen-bond donors (Lipinski definition) is 1. The maximum atomic E-state index is 5.24. The van der Waals surface area contributed by atoms with Gasteiger partial charge in [-0.1, -0.05) is 15.9 Å². The SMILES string of the molecule is CNc1nc(-c2cc(C)c(Br)c(C)c2)nc(COC)c1I. The van der Waals surface area contributed by atoms with Crippen LogP contribution in [0.15, 0.2) is 16.6 Å². The molecule has 1 heterocycles. The predicted octanol–water partition coefficient (Wildman–Crippen LogP) is 4.32. The van der Waals surface area contributed by atoms with Crippen LogP contribution in [0, 0.1) is 17.4 Å². The molecule has 0 spiro atoms. The van der Waals surface area contributed by atoms with E-state index in [1.165, 1.54) is 11.1 Å². The summed E-state index contributed by atoms with van der Waals surface area (Å²) in [5.74, 6) is 1.54. The average Bonchev–Trinajstić information content (AvgIpc) is 2.46. The van der Waals surface area contributed by atoms with Crippen LogP contribution in [-0.2, 0) is 11.3 Å². The molecular formula is C15H17BrIN3O. The van der Waals surface area contributed by atoms with Gasteiger partial charge in [-0.3, -0.25) is 0 Å². The van der Waals surface area contributed by atoms with E-state index in [0.29, 0.717) is 12.4 Å². The lowest BCUT2D eigenvalue weighted by molar-refractivity contribution is 0.181. The van der Waals surface area contributed by atoms with Crippen LogP contribution in [0.1, 0.15) is 16.8 Å². The highest BCUT2D eigenvalue weighted by atomic mass is 127. The molecule has 0 saturated heterocycles. The summed E-state index contributed by atoms with van der Waals surface area (Å²) in [6.45, 7) is 4.61. The normalized spacial score (nSPS) is 10.8. The number of halogens is 2. The molecule has 1 N–H and O–H groups in total. The van der Waals surface area contributed by atoms with Crippen molar-refractivity contribution < 1.29 is 4.74 Å². The van der Waals surface area contributed by atoms with Crippen molar-refractivity contribution in [3.05, 3.63) is 37.0 Å². The third-order valence-electron chi connectivity index (χ3n) is 3.13. The molecule has 1 aromatic heterocycles. The molecule has 0 bridgehead atoms. The van der Waals surface area contributed by atoms with Gasteiger partial charge in [0.2, 0.25) is 0 Å². The minimum Gasteiger partial charge on any atom is -0.378 e. The van der Waals surface area contributed by atoms with E-state index in [4.69, 9.17) is 4.74 Å². The van der Waals surface area contributed by atoms with Crippen LogP contribution in [0.4, 0.5) is 5.82 Å². The number of methoxy groups -OCH3 is 1. The van der Waals surface area contributed by atoms with Gasteiger partial charge in [0.1, 0.15) is 5.82 Å². The monoisotopic (exact) mass is 461 g/mol. The molecule has 0 radical (unpaired) electrons. The first-order valence-corrected chi connectivity index (χ1v) is 8.35. The summed E-state index contributed by atoms with van der Waals surface area (Å²) in [7, 11) is 3.54. The Morgan fingerprint density at radius 2 is 1.86 bits per heavy atom. The molecule has 0 saturated carbocycles. The van der Waals surface area contributed by atoms with Gasteiger partial charge < -0.3 is 10.1 Å². The van der Waals surface area contributed by atoms with Gasteiger partial charge >= 0.3 is 0 Å².